The van der Waals surface area contributed by atoms with E-state index in [-0.39, 0.29) is 10.8 Å². The van der Waals surface area contributed by atoms with Gasteiger partial charge in [-0.25, -0.2) is 9.97 Å². The van der Waals surface area contributed by atoms with E-state index in [0.29, 0.717) is 5.88 Å². The van der Waals surface area contributed by atoms with Crippen molar-refractivity contribution in [2.45, 2.75) is 38.5 Å². The summed E-state index contributed by atoms with van der Waals surface area (Å²) in [4.78, 5) is 9.34. The van der Waals surface area contributed by atoms with Crippen LogP contribution in [0.1, 0.15) is 39.3 Å². The van der Waals surface area contributed by atoms with Crippen molar-refractivity contribution < 1.29 is 9.29 Å². The highest BCUT2D eigenvalue weighted by Gasteiger charge is 2.28. The van der Waals surface area contributed by atoms with Crippen LogP contribution < -0.4 is 9.46 Å². The molecule has 2 unspecified atom stereocenters. The Balaban J connectivity index is 1.76. The molecule has 0 saturated heterocycles. The van der Waals surface area contributed by atoms with E-state index in [4.69, 9.17) is 9.72 Å². The van der Waals surface area contributed by atoms with Gasteiger partial charge in [-0.1, -0.05) is 54.6 Å². The summed E-state index contributed by atoms with van der Waals surface area (Å²) < 4.78 is 20.9. The summed E-state index contributed by atoms with van der Waals surface area (Å²) in [5, 5.41) is 0.877. The van der Waals surface area contributed by atoms with Gasteiger partial charge in [-0.05, 0) is 51.0 Å². The van der Waals surface area contributed by atoms with E-state index in [9.17, 15) is 4.55 Å². The third kappa shape index (κ3) is 5.03. The minimum absolute atomic E-state index is 0.0346. The molecule has 0 radical (unpaired) electrons. The topological polar surface area (TPSA) is 70.1 Å². The molecule has 33 heavy (non-hydrogen) atoms. The maximum atomic E-state index is 12.5. The van der Waals surface area contributed by atoms with E-state index in [1.807, 2.05) is 52.0 Å². The van der Waals surface area contributed by atoms with E-state index in [0.717, 1.165) is 38.9 Å². The molecule has 170 valence electrons. The molecule has 5 nitrogen and oxygen atoms in total. The predicted octanol–water partition coefficient (Wildman–Crippen LogP) is 6.09. The molecule has 0 bridgehead atoms. The third-order valence-corrected chi connectivity index (χ3v) is 7.19. The van der Waals surface area contributed by atoms with Crippen molar-refractivity contribution in [1.29, 1.82) is 0 Å². The van der Waals surface area contributed by atoms with E-state index in [1.54, 1.807) is 13.3 Å². The number of rotatable bonds is 6. The number of hydrogen-bond acceptors (Lipinski definition) is 5. The van der Waals surface area contributed by atoms with Crippen LogP contribution in [-0.4, -0.2) is 26.4 Å². The zero-order valence-electron chi connectivity index (χ0n) is 19.6. The summed E-state index contributed by atoms with van der Waals surface area (Å²) in [6, 6.07) is 22.5. The SMILES string of the molecule is COc1nccc2nc(-c3ccc(C(C)N[S+]([O-])C(C)(C)C)cc3)c(-c3ccccc3)cc12. The van der Waals surface area contributed by atoms with Crippen molar-refractivity contribution in [3.63, 3.8) is 0 Å². The molecule has 1 N–H and O–H groups in total. The van der Waals surface area contributed by atoms with Crippen LogP contribution in [0, 0.1) is 0 Å². The number of hydrogen-bond donors (Lipinski definition) is 1. The summed E-state index contributed by atoms with van der Waals surface area (Å²) in [6.45, 7) is 7.93. The summed E-state index contributed by atoms with van der Waals surface area (Å²) in [7, 11) is 1.62. The lowest BCUT2D eigenvalue weighted by molar-refractivity contribution is 0.403. The van der Waals surface area contributed by atoms with Crippen LogP contribution >= 0.6 is 0 Å². The van der Waals surface area contributed by atoms with Crippen molar-refractivity contribution in [2.75, 3.05) is 7.11 Å². The fourth-order valence-electron chi connectivity index (χ4n) is 3.63. The molecule has 2 aromatic heterocycles. The first-order valence-electron chi connectivity index (χ1n) is 11.0. The second kappa shape index (κ2) is 9.51. The number of fused-ring (bicyclic) bond motifs is 1. The average Bonchev–Trinajstić information content (AvgIpc) is 2.82. The standard InChI is InChI=1S/C27H29N3O2S/c1-18(30-33(31)27(2,3)4)19-11-13-21(14-12-19)25-22(20-9-7-6-8-10-20)17-23-24(29-25)15-16-28-26(23)32-5/h6-18,30H,1-5H3. The van der Waals surface area contributed by atoms with Crippen LogP contribution in [0.5, 0.6) is 5.88 Å². The van der Waals surface area contributed by atoms with E-state index < -0.39 is 11.4 Å². The van der Waals surface area contributed by atoms with Crippen LogP contribution in [0.3, 0.4) is 0 Å². The van der Waals surface area contributed by atoms with Crippen LogP contribution in [0.15, 0.2) is 72.9 Å². The molecule has 4 aromatic rings. The summed E-state index contributed by atoms with van der Waals surface area (Å²) >= 11 is -1.14. The third-order valence-electron chi connectivity index (χ3n) is 5.51. The molecule has 2 aromatic carbocycles. The van der Waals surface area contributed by atoms with Gasteiger partial charge in [-0.2, -0.15) is 0 Å². The largest absolute Gasteiger partial charge is 0.598 e. The summed E-state index contributed by atoms with van der Waals surface area (Å²) in [5.41, 5.74) is 5.90. The number of aromatic nitrogens is 2. The van der Waals surface area contributed by atoms with Crippen molar-refractivity contribution in [3.05, 3.63) is 78.5 Å². The van der Waals surface area contributed by atoms with Gasteiger partial charge in [-0.3, -0.25) is 0 Å². The van der Waals surface area contributed by atoms with Crippen molar-refractivity contribution in [1.82, 2.24) is 14.7 Å². The Labute approximate surface area is 198 Å². The molecule has 0 aliphatic rings. The number of pyridine rings is 2. The van der Waals surface area contributed by atoms with Crippen LogP contribution in [-0.2, 0) is 11.4 Å². The number of benzene rings is 2. The Morgan fingerprint density at radius 3 is 2.30 bits per heavy atom. The van der Waals surface area contributed by atoms with Gasteiger partial charge < -0.3 is 9.29 Å². The first-order valence-corrected chi connectivity index (χ1v) is 12.1. The zero-order chi connectivity index (χ0) is 23.6. The van der Waals surface area contributed by atoms with Gasteiger partial charge >= 0.3 is 0 Å². The van der Waals surface area contributed by atoms with Gasteiger partial charge in [0.2, 0.25) is 5.88 Å². The Morgan fingerprint density at radius 1 is 0.970 bits per heavy atom. The molecular weight excluding hydrogens is 430 g/mol. The number of ether oxygens (including phenoxy) is 1. The van der Waals surface area contributed by atoms with Crippen LogP contribution in [0.2, 0.25) is 0 Å². The molecule has 0 amide bonds. The van der Waals surface area contributed by atoms with E-state index >= 15 is 0 Å². The molecule has 0 spiro atoms. The van der Waals surface area contributed by atoms with Crippen LogP contribution in [0.4, 0.5) is 0 Å². The molecule has 2 heterocycles. The molecule has 0 aliphatic heterocycles. The first kappa shape index (κ1) is 23.2. The lowest BCUT2D eigenvalue weighted by atomic mass is 9.96. The lowest BCUT2D eigenvalue weighted by Gasteiger charge is -2.26. The van der Waals surface area contributed by atoms with E-state index in [1.165, 1.54) is 0 Å². The minimum Gasteiger partial charge on any atom is -0.598 e. The lowest BCUT2D eigenvalue weighted by Crippen LogP contribution is -2.40. The summed E-state index contributed by atoms with van der Waals surface area (Å²) in [5.74, 6) is 0.561. The molecular formula is C27H29N3O2S. The minimum atomic E-state index is -1.14. The van der Waals surface area contributed by atoms with Crippen molar-refractivity contribution in [3.8, 4) is 28.3 Å². The number of nitrogens with one attached hydrogen (secondary N) is 1. The monoisotopic (exact) mass is 459 g/mol. The van der Waals surface area contributed by atoms with Crippen molar-refractivity contribution >= 4 is 22.3 Å². The highest BCUT2D eigenvalue weighted by molar-refractivity contribution is 7.90. The Kier molecular flexibility index (Phi) is 6.70. The van der Waals surface area contributed by atoms with E-state index in [2.05, 4.69) is 52.2 Å². The molecule has 4 rings (SSSR count). The zero-order valence-corrected chi connectivity index (χ0v) is 20.4. The predicted molar refractivity (Wildman–Crippen MR) is 136 cm³/mol. The molecule has 2 atom stereocenters. The summed E-state index contributed by atoms with van der Waals surface area (Å²) in [6.07, 6.45) is 1.71. The Morgan fingerprint density at radius 2 is 1.67 bits per heavy atom. The normalized spacial score (nSPS) is 13.6. The molecule has 0 saturated carbocycles. The average molecular weight is 460 g/mol. The Bertz CT molecular complexity index is 1240. The van der Waals surface area contributed by atoms with Gasteiger partial charge in [0.1, 0.15) is 4.75 Å². The second-order valence-electron chi connectivity index (χ2n) is 8.98. The highest BCUT2D eigenvalue weighted by atomic mass is 32.2. The Hall–Kier alpha value is -2.93. The number of methoxy groups -OCH3 is 1. The maximum Gasteiger partial charge on any atom is 0.222 e. The molecule has 0 aliphatic carbocycles. The first-order chi connectivity index (χ1) is 15.8. The van der Waals surface area contributed by atoms with Gasteiger partial charge in [0, 0.05) is 28.7 Å². The maximum absolute atomic E-state index is 12.5. The fraction of sp³-hybridized carbons (Fsp3) is 0.259. The van der Waals surface area contributed by atoms with Gasteiger partial charge in [-0.15, -0.1) is 4.72 Å². The van der Waals surface area contributed by atoms with Gasteiger partial charge in [0.25, 0.3) is 0 Å². The quantitative estimate of drug-likeness (QED) is 0.354. The second-order valence-corrected chi connectivity index (χ2v) is 11.0. The van der Waals surface area contributed by atoms with Crippen LogP contribution in [0.25, 0.3) is 33.3 Å². The highest BCUT2D eigenvalue weighted by Crippen LogP contribution is 2.36. The molecule has 0 fully saturated rings. The number of nitrogens with zero attached hydrogens (tertiary/aromatic N) is 2. The van der Waals surface area contributed by atoms with Gasteiger partial charge in [0.15, 0.2) is 0 Å². The molecule has 6 heteroatoms. The smallest absolute Gasteiger partial charge is 0.222 e. The van der Waals surface area contributed by atoms with Gasteiger partial charge in [0.05, 0.1) is 29.7 Å². The fourth-order valence-corrected chi connectivity index (χ4v) is 4.44. The van der Waals surface area contributed by atoms with Crippen molar-refractivity contribution in [2.24, 2.45) is 0 Å².